The molecule has 3 heterocycles. The number of benzene rings is 1. The first-order valence-electron chi connectivity index (χ1n) is 10.6. The van der Waals surface area contributed by atoms with Gasteiger partial charge in [0.1, 0.15) is 11.6 Å². The first-order chi connectivity index (χ1) is 14.6. The van der Waals surface area contributed by atoms with Crippen molar-refractivity contribution in [2.75, 3.05) is 20.2 Å². The quantitative estimate of drug-likeness (QED) is 0.693. The van der Waals surface area contributed by atoms with Crippen LogP contribution in [0, 0.1) is 5.92 Å². The summed E-state index contributed by atoms with van der Waals surface area (Å²) in [5.74, 6) is 2.40. The van der Waals surface area contributed by atoms with Crippen molar-refractivity contribution >= 4 is 11.7 Å². The number of likely N-dealkylation sites (tertiary alicyclic amines) is 1. The predicted octanol–water partition coefficient (Wildman–Crippen LogP) is 4.02. The molecule has 0 unspecified atom stereocenters. The number of amides is 2. The molecular formula is C23H29N5O2. The van der Waals surface area contributed by atoms with Crippen LogP contribution < -0.4 is 10.1 Å². The van der Waals surface area contributed by atoms with Crippen LogP contribution in [0.4, 0.5) is 4.79 Å². The monoisotopic (exact) mass is 407 g/mol. The second kappa shape index (κ2) is 8.73. The van der Waals surface area contributed by atoms with Gasteiger partial charge in [-0.15, -0.1) is 10.2 Å². The molecule has 1 atom stereocenters. The maximum atomic E-state index is 13.0. The number of methoxy groups -OCH3 is 1. The highest BCUT2D eigenvalue weighted by atomic mass is 16.5. The van der Waals surface area contributed by atoms with Gasteiger partial charge in [0.05, 0.1) is 13.2 Å². The lowest BCUT2D eigenvalue weighted by Gasteiger charge is -2.33. The summed E-state index contributed by atoms with van der Waals surface area (Å²) in [7, 11) is 1.66. The molecule has 0 radical (unpaired) electrons. The molecule has 1 aromatic carbocycles. The highest BCUT2D eigenvalue weighted by Crippen LogP contribution is 2.28. The molecule has 1 N–H and O–H groups in total. The van der Waals surface area contributed by atoms with E-state index in [1.165, 1.54) is 0 Å². The third-order valence-corrected chi connectivity index (χ3v) is 5.91. The standard InChI is InChI=1S/C23H29N5O2/c1-16(2)21(17-7-9-19(30-3)10-8-17)24-23(29)27-14-11-18(12-15-27)22-26-25-20-6-4-5-13-28(20)22/h4-10,13,16,18,21H,11-12,14-15H2,1-3H3,(H,24,29)/t21-/m0/s1. The lowest BCUT2D eigenvalue weighted by molar-refractivity contribution is 0.173. The second-order valence-corrected chi connectivity index (χ2v) is 8.19. The van der Waals surface area contributed by atoms with Gasteiger partial charge in [-0.3, -0.25) is 4.40 Å². The number of piperidine rings is 1. The maximum absolute atomic E-state index is 13.0. The van der Waals surface area contributed by atoms with Gasteiger partial charge in [0.2, 0.25) is 0 Å². The second-order valence-electron chi connectivity index (χ2n) is 8.19. The Morgan fingerprint density at radius 1 is 1.10 bits per heavy atom. The van der Waals surface area contributed by atoms with Crippen LogP contribution in [-0.4, -0.2) is 45.7 Å². The van der Waals surface area contributed by atoms with Crippen LogP contribution >= 0.6 is 0 Å². The van der Waals surface area contributed by atoms with Crippen LogP contribution in [0.5, 0.6) is 5.75 Å². The molecular weight excluding hydrogens is 378 g/mol. The number of ether oxygens (including phenoxy) is 1. The van der Waals surface area contributed by atoms with Crippen LogP contribution in [0.25, 0.3) is 5.65 Å². The Labute approximate surface area is 177 Å². The van der Waals surface area contributed by atoms with Gasteiger partial charge >= 0.3 is 6.03 Å². The molecule has 2 amide bonds. The van der Waals surface area contributed by atoms with Crippen molar-refractivity contribution in [3.63, 3.8) is 0 Å². The van der Waals surface area contributed by atoms with Crippen molar-refractivity contribution in [3.05, 3.63) is 60.0 Å². The Hall–Kier alpha value is -3.09. The summed E-state index contributed by atoms with van der Waals surface area (Å²) in [5.41, 5.74) is 1.95. The lowest BCUT2D eigenvalue weighted by atomic mass is 9.95. The van der Waals surface area contributed by atoms with Crippen LogP contribution in [0.1, 0.15) is 50.0 Å². The van der Waals surface area contributed by atoms with E-state index in [-0.39, 0.29) is 18.0 Å². The molecule has 1 saturated heterocycles. The zero-order chi connectivity index (χ0) is 21.1. The highest BCUT2D eigenvalue weighted by molar-refractivity contribution is 5.75. The molecule has 7 heteroatoms. The number of pyridine rings is 1. The minimum absolute atomic E-state index is 0.00549. The van der Waals surface area contributed by atoms with Crippen LogP contribution in [0.2, 0.25) is 0 Å². The number of hydrogen-bond acceptors (Lipinski definition) is 4. The molecule has 0 saturated carbocycles. The fraction of sp³-hybridized carbons (Fsp3) is 0.435. The van der Waals surface area contributed by atoms with Crippen LogP contribution in [0.15, 0.2) is 48.7 Å². The lowest BCUT2D eigenvalue weighted by Crippen LogP contribution is -2.46. The molecule has 0 aliphatic carbocycles. The number of rotatable bonds is 5. The summed E-state index contributed by atoms with van der Waals surface area (Å²) in [6, 6.07) is 13.8. The normalized spacial score (nSPS) is 16.1. The van der Waals surface area contributed by atoms with Gasteiger partial charge in [0.25, 0.3) is 0 Å². The Bertz CT molecular complexity index is 990. The van der Waals surface area contributed by atoms with E-state index in [0.717, 1.165) is 35.6 Å². The van der Waals surface area contributed by atoms with E-state index < -0.39 is 0 Å². The van der Waals surface area contributed by atoms with E-state index in [9.17, 15) is 4.79 Å². The number of nitrogens with one attached hydrogen (secondary N) is 1. The van der Waals surface area contributed by atoms with Crippen molar-refractivity contribution < 1.29 is 9.53 Å². The van der Waals surface area contributed by atoms with Crippen molar-refractivity contribution in [1.29, 1.82) is 0 Å². The molecule has 3 aromatic rings. The molecule has 2 aromatic heterocycles. The minimum Gasteiger partial charge on any atom is -0.497 e. The molecule has 1 aliphatic heterocycles. The van der Waals surface area contributed by atoms with Gasteiger partial charge in [-0.25, -0.2) is 4.79 Å². The van der Waals surface area contributed by atoms with Crippen molar-refractivity contribution in [2.45, 2.75) is 38.6 Å². The third-order valence-electron chi connectivity index (χ3n) is 5.91. The van der Waals surface area contributed by atoms with Gasteiger partial charge in [-0.05, 0) is 48.6 Å². The molecule has 1 fully saturated rings. The first kappa shape index (κ1) is 20.2. The summed E-state index contributed by atoms with van der Waals surface area (Å²) in [5, 5.41) is 11.9. The Balaban J connectivity index is 1.39. The zero-order valence-electron chi connectivity index (χ0n) is 17.8. The largest absolute Gasteiger partial charge is 0.497 e. The average molecular weight is 408 g/mol. The number of carbonyl (C=O) groups excluding carboxylic acids is 1. The average Bonchev–Trinajstić information content (AvgIpc) is 3.21. The smallest absolute Gasteiger partial charge is 0.317 e. The fourth-order valence-corrected chi connectivity index (χ4v) is 4.15. The van der Waals surface area contributed by atoms with E-state index >= 15 is 0 Å². The molecule has 158 valence electrons. The SMILES string of the molecule is COc1ccc([C@@H](NC(=O)N2CCC(c3nnc4ccccn34)CC2)C(C)C)cc1. The van der Waals surface area contributed by atoms with Gasteiger partial charge in [0.15, 0.2) is 5.65 Å². The van der Waals surface area contributed by atoms with Crippen molar-refractivity contribution in [3.8, 4) is 5.75 Å². The van der Waals surface area contributed by atoms with E-state index in [4.69, 9.17) is 4.74 Å². The highest BCUT2D eigenvalue weighted by Gasteiger charge is 2.28. The number of hydrogen-bond donors (Lipinski definition) is 1. The fourth-order valence-electron chi connectivity index (χ4n) is 4.15. The van der Waals surface area contributed by atoms with Crippen LogP contribution in [0.3, 0.4) is 0 Å². The number of urea groups is 1. The Morgan fingerprint density at radius 3 is 2.50 bits per heavy atom. The zero-order valence-corrected chi connectivity index (χ0v) is 17.8. The summed E-state index contributed by atoms with van der Waals surface area (Å²) >= 11 is 0. The number of nitrogens with zero attached hydrogens (tertiary/aromatic N) is 4. The summed E-state index contributed by atoms with van der Waals surface area (Å²) in [6.07, 6.45) is 3.78. The summed E-state index contributed by atoms with van der Waals surface area (Å²) < 4.78 is 7.30. The van der Waals surface area contributed by atoms with E-state index in [1.807, 2.05) is 53.6 Å². The van der Waals surface area contributed by atoms with E-state index in [2.05, 4.69) is 33.8 Å². The first-order valence-corrected chi connectivity index (χ1v) is 10.6. The number of fused-ring (bicyclic) bond motifs is 1. The van der Waals surface area contributed by atoms with Crippen LogP contribution in [-0.2, 0) is 0 Å². The molecule has 0 bridgehead atoms. The van der Waals surface area contributed by atoms with E-state index in [0.29, 0.717) is 19.0 Å². The molecule has 4 rings (SSSR count). The Morgan fingerprint density at radius 2 is 1.83 bits per heavy atom. The molecule has 30 heavy (non-hydrogen) atoms. The van der Waals surface area contributed by atoms with Crippen molar-refractivity contribution in [2.24, 2.45) is 5.92 Å². The Kier molecular flexibility index (Phi) is 5.88. The van der Waals surface area contributed by atoms with Crippen molar-refractivity contribution in [1.82, 2.24) is 24.8 Å². The van der Waals surface area contributed by atoms with Gasteiger partial charge < -0.3 is 15.0 Å². The minimum atomic E-state index is -0.0402. The van der Waals surface area contributed by atoms with Gasteiger partial charge in [-0.1, -0.05) is 32.0 Å². The van der Waals surface area contributed by atoms with Gasteiger partial charge in [0, 0.05) is 25.2 Å². The van der Waals surface area contributed by atoms with Gasteiger partial charge in [-0.2, -0.15) is 0 Å². The van der Waals surface area contributed by atoms with E-state index in [1.54, 1.807) is 7.11 Å². The number of aromatic nitrogens is 3. The maximum Gasteiger partial charge on any atom is 0.317 e. The molecule has 0 spiro atoms. The predicted molar refractivity (Wildman–Crippen MR) is 116 cm³/mol. The third kappa shape index (κ3) is 4.10. The molecule has 7 nitrogen and oxygen atoms in total. The summed E-state index contributed by atoms with van der Waals surface area (Å²) in [4.78, 5) is 14.9. The molecule has 1 aliphatic rings. The topological polar surface area (TPSA) is 71.8 Å². The summed E-state index contributed by atoms with van der Waals surface area (Å²) in [6.45, 7) is 5.67. The number of carbonyl (C=O) groups is 1.